The first-order valence-corrected chi connectivity index (χ1v) is 7.97. The molecule has 7 heteroatoms. The maximum Gasteiger partial charge on any atom is 0.407 e. The number of hydrogen-bond acceptors (Lipinski definition) is 4. The van der Waals surface area contributed by atoms with E-state index in [0.29, 0.717) is 32.7 Å². The van der Waals surface area contributed by atoms with Gasteiger partial charge in [-0.05, 0) is 30.7 Å². The van der Waals surface area contributed by atoms with Gasteiger partial charge < -0.3 is 19.4 Å². The molecule has 0 radical (unpaired) electrons. The quantitative estimate of drug-likeness (QED) is 0.665. The lowest BCUT2D eigenvalue weighted by molar-refractivity contribution is 0.141. The van der Waals surface area contributed by atoms with Gasteiger partial charge in [0.25, 0.3) is 0 Å². The van der Waals surface area contributed by atoms with Crippen molar-refractivity contribution in [3.8, 4) is 17.0 Å². The van der Waals surface area contributed by atoms with E-state index in [1.165, 1.54) is 0 Å². The molecule has 7 nitrogen and oxygen atoms in total. The Morgan fingerprint density at radius 2 is 2.12 bits per heavy atom. The van der Waals surface area contributed by atoms with Gasteiger partial charge in [0.05, 0.1) is 18.7 Å². The van der Waals surface area contributed by atoms with Gasteiger partial charge in [0, 0.05) is 29.9 Å². The van der Waals surface area contributed by atoms with Crippen molar-refractivity contribution in [3.05, 3.63) is 36.7 Å². The topological polar surface area (TPSA) is 81.2 Å². The fourth-order valence-electron chi connectivity index (χ4n) is 2.77. The second-order valence-corrected chi connectivity index (χ2v) is 5.68. The molecule has 4 rings (SSSR count). The molecular formula is C17H18N4O3. The normalized spacial score (nSPS) is 15.8. The lowest BCUT2D eigenvalue weighted by Crippen LogP contribution is -2.27. The van der Waals surface area contributed by atoms with Crippen LogP contribution in [0, 0.1) is 0 Å². The number of fused-ring (bicyclic) bond motifs is 4. The minimum absolute atomic E-state index is 0.321. The molecule has 2 N–H and O–H groups in total. The molecule has 0 unspecified atom stereocenters. The zero-order valence-corrected chi connectivity index (χ0v) is 13.1. The van der Waals surface area contributed by atoms with E-state index < -0.39 is 6.09 Å². The highest BCUT2D eigenvalue weighted by atomic mass is 16.5. The van der Waals surface area contributed by atoms with Gasteiger partial charge in [-0.3, -0.25) is 5.10 Å². The van der Waals surface area contributed by atoms with Gasteiger partial charge in [0.1, 0.15) is 18.1 Å². The number of cyclic esters (lactones) is 1. The standard InChI is InChI=1S/C17H18N4O3/c22-17-18-5-1-8-23-13-2-3-15-14(10-13)16(20-19-15)12-4-6-21(11-12)7-9-24-17/h2-4,6,10-11H,1,5,7-9H2,(H,18,22)(H,19,20). The van der Waals surface area contributed by atoms with Gasteiger partial charge in [-0.15, -0.1) is 0 Å². The number of alkyl carbamates (subject to hydrolysis) is 1. The van der Waals surface area contributed by atoms with Gasteiger partial charge in [0.2, 0.25) is 0 Å². The molecule has 0 saturated heterocycles. The summed E-state index contributed by atoms with van der Waals surface area (Å²) >= 11 is 0. The van der Waals surface area contributed by atoms with Crippen molar-refractivity contribution in [3.63, 3.8) is 0 Å². The summed E-state index contributed by atoms with van der Waals surface area (Å²) in [7, 11) is 0. The Bertz CT molecular complexity index is 868. The minimum atomic E-state index is -0.398. The van der Waals surface area contributed by atoms with E-state index in [1.54, 1.807) is 0 Å². The van der Waals surface area contributed by atoms with E-state index in [4.69, 9.17) is 9.47 Å². The number of ether oxygens (including phenoxy) is 2. The molecule has 3 aromatic rings. The van der Waals surface area contributed by atoms with Crippen molar-refractivity contribution in [1.29, 1.82) is 0 Å². The van der Waals surface area contributed by atoms with Crippen molar-refractivity contribution in [1.82, 2.24) is 20.1 Å². The molecule has 3 heterocycles. The molecule has 1 amide bonds. The molecule has 0 atom stereocenters. The number of rotatable bonds is 0. The smallest absolute Gasteiger partial charge is 0.407 e. The predicted molar refractivity (Wildman–Crippen MR) is 89.0 cm³/mol. The Labute approximate surface area is 138 Å². The van der Waals surface area contributed by atoms with Gasteiger partial charge in [-0.25, -0.2) is 4.79 Å². The predicted octanol–water partition coefficient (Wildman–Crippen LogP) is 2.54. The molecule has 0 fully saturated rings. The zero-order valence-electron chi connectivity index (χ0n) is 13.1. The van der Waals surface area contributed by atoms with Gasteiger partial charge in [-0.1, -0.05) is 0 Å². The summed E-state index contributed by atoms with van der Waals surface area (Å²) < 4.78 is 12.9. The molecule has 1 aromatic carbocycles. The molecular weight excluding hydrogens is 308 g/mol. The van der Waals surface area contributed by atoms with Crippen molar-refractivity contribution in [2.75, 3.05) is 19.8 Å². The van der Waals surface area contributed by atoms with Crippen LogP contribution in [0.3, 0.4) is 0 Å². The number of amides is 1. The Kier molecular flexibility index (Phi) is 3.82. The van der Waals surface area contributed by atoms with Gasteiger partial charge >= 0.3 is 6.09 Å². The maximum absolute atomic E-state index is 11.6. The number of aromatic amines is 1. The SMILES string of the molecule is O=C1NCCCOc2ccc3[nH]nc(c3c2)-c2ccn(c2)CCO1. The van der Waals surface area contributed by atoms with E-state index in [9.17, 15) is 4.79 Å². The van der Waals surface area contributed by atoms with Crippen LogP contribution in [0.2, 0.25) is 0 Å². The highest BCUT2D eigenvalue weighted by Crippen LogP contribution is 2.29. The van der Waals surface area contributed by atoms with Crippen LogP contribution in [0.25, 0.3) is 22.2 Å². The third-order valence-electron chi connectivity index (χ3n) is 4.00. The monoisotopic (exact) mass is 326 g/mol. The summed E-state index contributed by atoms with van der Waals surface area (Å²) in [6.07, 6.45) is 4.27. The Balaban J connectivity index is 1.69. The molecule has 4 bridgehead atoms. The number of aromatic nitrogens is 3. The molecule has 0 aliphatic carbocycles. The van der Waals surface area contributed by atoms with E-state index in [0.717, 1.165) is 27.9 Å². The molecule has 24 heavy (non-hydrogen) atoms. The van der Waals surface area contributed by atoms with Gasteiger partial charge in [0.15, 0.2) is 0 Å². The van der Waals surface area contributed by atoms with Crippen molar-refractivity contribution < 1.29 is 14.3 Å². The van der Waals surface area contributed by atoms with Gasteiger partial charge in [-0.2, -0.15) is 5.10 Å². The summed E-state index contributed by atoms with van der Waals surface area (Å²) in [5, 5.41) is 11.2. The molecule has 1 aliphatic heterocycles. The fraction of sp³-hybridized carbons (Fsp3) is 0.294. The lowest BCUT2D eigenvalue weighted by Gasteiger charge is -2.09. The summed E-state index contributed by atoms with van der Waals surface area (Å²) in [5.74, 6) is 0.791. The van der Waals surface area contributed by atoms with Crippen LogP contribution in [0.15, 0.2) is 36.7 Å². The Hall–Kier alpha value is -2.96. The van der Waals surface area contributed by atoms with Crippen LogP contribution in [-0.4, -0.2) is 40.6 Å². The first-order chi connectivity index (χ1) is 11.8. The highest BCUT2D eigenvalue weighted by Gasteiger charge is 2.11. The fourth-order valence-corrected chi connectivity index (χ4v) is 2.77. The number of hydrogen-bond donors (Lipinski definition) is 2. The third kappa shape index (κ3) is 2.92. The van der Waals surface area contributed by atoms with Crippen molar-refractivity contribution in [2.24, 2.45) is 0 Å². The second kappa shape index (κ2) is 6.27. The van der Waals surface area contributed by atoms with E-state index >= 15 is 0 Å². The van der Waals surface area contributed by atoms with Crippen LogP contribution < -0.4 is 10.1 Å². The third-order valence-corrected chi connectivity index (χ3v) is 4.00. The van der Waals surface area contributed by atoms with E-state index in [-0.39, 0.29) is 0 Å². The first-order valence-electron chi connectivity index (χ1n) is 7.97. The Morgan fingerprint density at radius 3 is 3.08 bits per heavy atom. The van der Waals surface area contributed by atoms with Crippen LogP contribution in [-0.2, 0) is 11.3 Å². The van der Waals surface area contributed by atoms with E-state index in [2.05, 4.69) is 15.5 Å². The largest absolute Gasteiger partial charge is 0.494 e. The van der Waals surface area contributed by atoms with Crippen LogP contribution in [0.1, 0.15) is 6.42 Å². The lowest BCUT2D eigenvalue weighted by atomic mass is 10.1. The van der Waals surface area contributed by atoms with Crippen LogP contribution >= 0.6 is 0 Å². The summed E-state index contributed by atoms with van der Waals surface area (Å²) in [5.41, 5.74) is 2.87. The average Bonchev–Trinajstić information content (AvgIpc) is 3.20. The summed E-state index contributed by atoms with van der Waals surface area (Å²) in [4.78, 5) is 11.6. The van der Waals surface area contributed by atoms with E-state index in [1.807, 2.05) is 41.2 Å². The maximum atomic E-state index is 11.6. The number of H-pyrrole nitrogens is 1. The summed E-state index contributed by atoms with van der Waals surface area (Å²) in [6, 6.07) is 7.89. The second-order valence-electron chi connectivity index (χ2n) is 5.68. The summed E-state index contributed by atoms with van der Waals surface area (Å²) in [6.45, 7) is 1.97. The van der Waals surface area contributed by atoms with Crippen molar-refractivity contribution >= 4 is 17.0 Å². The number of nitrogens with one attached hydrogen (secondary N) is 2. The molecule has 0 saturated carbocycles. The first kappa shape index (κ1) is 14.6. The number of carbonyl (C=O) groups is 1. The Morgan fingerprint density at radius 1 is 1.17 bits per heavy atom. The van der Waals surface area contributed by atoms with Crippen molar-refractivity contribution in [2.45, 2.75) is 13.0 Å². The number of nitrogens with zero attached hydrogens (tertiary/aromatic N) is 2. The molecule has 1 aliphatic rings. The molecule has 124 valence electrons. The zero-order chi connectivity index (χ0) is 16.4. The average molecular weight is 326 g/mol. The minimum Gasteiger partial charge on any atom is -0.494 e. The number of carbonyl (C=O) groups excluding carboxylic acids is 1. The molecule has 2 aromatic heterocycles. The highest BCUT2D eigenvalue weighted by molar-refractivity contribution is 5.93. The number of benzene rings is 1. The van der Waals surface area contributed by atoms with Crippen LogP contribution in [0.4, 0.5) is 4.79 Å². The molecule has 0 spiro atoms. The van der Waals surface area contributed by atoms with Crippen LogP contribution in [0.5, 0.6) is 5.75 Å².